The summed E-state index contributed by atoms with van der Waals surface area (Å²) in [6.07, 6.45) is 1.53. The molecule has 1 amide bonds. The first-order valence-electron chi connectivity index (χ1n) is 9.76. The first-order chi connectivity index (χ1) is 14.1. The Labute approximate surface area is 169 Å². The van der Waals surface area contributed by atoms with Crippen molar-refractivity contribution in [1.82, 2.24) is 0 Å². The van der Waals surface area contributed by atoms with Gasteiger partial charge < -0.3 is 14.4 Å². The van der Waals surface area contributed by atoms with Crippen LogP contribution in [-0.2, 0) is 25.5 Å². The minimum atomic E-state index is -0.774. The first kappa shape index (κ1) is 17.7. The van der Waals surface area contributed by atoms with E-state index >= 15 is 0 Å². The number of carbonyl (C=O) groups excluding carboxylic acids is 2. The average Bonchev–Trinajstić information content (AvgIpc) is 3.32. The van der Waals surface area contributed by atoms with Crippen LogP contribution in [0.15, 0.2) is 77.6 Å². The van der Waals surface area contributed by atoms with E-state index in [9.17, 15) is 9.59 Å². The van der Waals surface area contributed by atoms with Gasteiger partial charge in [0.05, 0.1) is 17.9 Å². The highest BCUT2D eigenvalue weighted by molar-refractivity contribution is 6.11. The van der Waals surface area contributed by atoms with Gasteiger partial charge in [-0.15, -0.1) is 0 Å². The molecule has 3 unspecified atom stereocenters. The van der Waals surface area contributed by atoms with Gasteiger partial charge in [0.2, 0.25) is 0 Å². The second-order valence-corrected chi connectivity index (χ2v) is 7.71. The van der Waals surface area contributed by atoms with Gasteiger partial charge in [0, 0.05) is 22.8 Å². The molecule has 0 aromatic heterocycles. The Morgan fingerprint density at radius 3 is 2.48 bits per heavy atom. The van der Waals surface area contributed by atoms with E-state index in [0.717, 1.165) is 23.2 Å². The van der Waals surface area contributed by atoms with Crippen molar-refractivity contribution in [1.29, 1.82) is 0 Å². The van der Waals surface area contributed by atoms with Gasteiger partial charge >= 0.3 is 5.97 Å². The zero-order valence-electron chi connectivity index (χ0n) is 16.3. The van der Waals surface area contributed by atoms with E-state index in [-0.39, 0.29) is 23.8 Å². The van der Waals surface area contributed by atoms with E-state index in [0.29, 0.717) is 11.1 Å². The molecule has 5 nitrogen and oxygen atoms in total. The maximum absolute atomic E-state index is 13.4. The van der Waals surface area contributed by atoms with Crippen molar-refractivity contribution in [3.63, 3.8) is 0 Å². The van der Waals surface area contributed by atoms with E-state index in [1.54, 1.807) is 6.92 Å². The Balaban J connectivity index is 1.54. The van der Waals surface area contributed by atoms with Crippen molar-refractivity contribution in [2.45, 2.75) is 38.5 Å². The molecular formula is C24H21NO4. The zero-order valence-corrected chi connectivity index (χ0v) is 16.3. The molecule has 5 heteroatoms. The molecule has 0 N–H and O–H groups in total. The molecule has 0 spiro atoms. The molecule has 1 aliphatic carbocycles. The number of esters is 1. The number of anilines is 1. The average molecular weight is 387 g/mol. The van der Waals surface area contributed by atoms with Crippen molar-refractivity contribution in [2.75, 3.05) is 4.90 Å². The van der Waals surface area contributed by atoms with E-state index in [1.165, 1.54) is 11.8 Å². The summed E-state index contributed by atoms with van der Waals surface area (Å²) in [4.78, 5) is 27.1. The Bertz CT molecular complexity index is 1070. The molecule has 0 saturated carbocycles. The highest BCUT2D eigenvalue weighted by atomic mass is 16.7. The van der Waals surface area contributed by atoms with Crippen LogP contribution in [0.5, 0.6) is 0 Å². The molecule has 1 saturated heterocycles. The standard InChI is InChI=1S/C24H21NO4/c1-14-15(2)24(29-23(14)27)28-13-19-21-18-11-7-6-8-16(18)12-20(21)25(22(19)26)17-9-4-3-5-10-17/h3-11,13,20-21,24H,12H2,1-2H3/b19-13+. The van der Waals surface area contributed by atoms with Gasteiger partial charge in [-0.2, -0.15) is 0 Å². The topological polar surface area (TPSA) is 55.8 Å². The number of carbonyl (C=O) groups is 2. The van der Waals surface area contributed by atoms with Crippen LogP contribution < -0.4 is 4.90 Å². The molecule has 29 heavy (non-hydrogen) atoms. The van der Waals surface area contributed by atoms with E-state index in [1.807, 2.05) is 54.3 Å². The lowest BCUT2D eigenvalue weighted by Gasteiger charge is -2.23. The molecule has 2 aromatic carbocycles. The van der Waals surface area contributed by atoms with Crippen molar-refractivity contribution in [3.8, 4) is 0 Å². The normalized spacial score (nSPS) is 26.8. The van der Waals surface area contributed by atoms with Gasteiger partial charge in [0.25, 0.3) is 12.2 Å². The maximum Gasteiger partial charge on any atom is 0.337 e. The molecule has 0 radical (unpaired) electrons. The van der Waals surface area contributed by atoms with E-state index < -0.39 is 6.29 Å². The van der Waals surface area contributed by atoms with Gasteiger partial charge in [-0.3, -0.25) is 4.79 Å². The maximum atomic E-state index is 13.4. The molecule has 2 heterocycles. The lowest BCUT2D eigenvalue weighted by atomic mass is 9.94. The van der Waals surface area contributed by atoms with Crippen LogP contribution in [0.25, 0.3) is 0 Å². The van der Waals surface area contributed by atoms with Gasteiger partial charge in [-0.1, -0.05) is 42.5 Å². The zero-order chi connectivity index (χ0) is 20.1. The SMILES string of the molecule is CC1=C(C)C(O/C=C2/C(=O)N(c3ccccc3)C3Cc4ccccc4C23)OC1=O. The van der Waals surface area contributed by atoms with Crippen molar-refractivity contribution in [2.24, 2.45) is 0 Å². The fourth-order valence-electron chi connectivity index (χ4n) is 4.51. The number of amides is 1. The summed E-state index contributed by atoms with van der Waals surface area (Å²) in [6, 6.07) is 18.0. The Morgan fingerprint density at radius 2 is 1.76 bits per heavy atom. The van der Waals surface area contributed by atoms with Gasteiger partial charge in [0.15, 0.2) is 0 Å². The fourth-order valence-corrected chi connectivity index (χ4v) is 4.51. The largest absolute Gasteiger partial charge is 0.458 e. The van der Waals surface area contributed by atoms with E-state index in [2.05, 4.69) is 12.1 Å². The number of fused-ring (bicyclic) bond motifs is 3. The van der Waals surface area contributed by atoms with Crippen molar-refractivity contribution < 1.29 is 19.1 Å². The van der Waals surface area contributed by atoms with Crippen molar-refractivity contribution >= 4 is 17.6 Å². The summed E-state index contributed by atoms with van der Waals surface area (Å²) in [5, 5.41) is 0. The number of hydrogen-bond donors (Lipinski definition) is 0. The number of nitrogens with zero attached hydrogens (tertiary/aromatic N) is 1. The van der Waals surface area contributed by atoms with Crippen LogP contribution in [0.4, 0.5) is 5.69 Å². The highest BCUT2D eigenvalue weighted by Crippen LogP contribution is 2.48. The number of rotatable bonds is 3. The number of ether oxygens (including phenoxy) is 2. The van der Waals surface area contributed by atoms with E-state index in [4.69, 9.17) is 9.47 Å². The molecule has 3 atom stereocenters. The molecule has 146 valence electrons. The molecule has 1 fully saturated rings. The van der Waals surface area contributed by atoms with Crippen LogP contribution in [0, 0.1) is 0 Å². The molecular weight excluding hydrogens is 366 g/mol. The van der Waals surface area contributed by atoms with Crippen LogP contribution in [0.1, 0.15) is 30.9 Å². The first-order valence-corrected chi connectivity index (χ1v) is 9.76. The predicted octanol–water partition coefficient (Wildman–Crippen LogP) is 3.86. The molecule has 3 aliphatic rings. The monoisotopic (exact) mass is 387 g/mol. The number of benzene rings is 2. The van der Waals surface area contributed by atoms with Gasteiger partial charge in [-0.05, 0) is 43.5 Å². The van der Waals surface area contributed by atoms with Crippen LogP contribution in [-0.4, -0.2) is 24.2 Å². The quantitative estimate of drug-likeness (QED) is 0.456. The summed E-state index contributed by atoms with van der Waals surface area (Å²) in [6.45, 7) is 3.53. The highest BCUT2D eigenvalue weighted by Gasteiger charge is 2.50. The third kappa shape index (κ3) is 2.69. The summed E-state index contributed by atoms with van der Waals surface area (Å²) >= 11 is 0. The Hall–Kier alpha value is -3.34. The minimum Gasteiger partial charge on any atom is -0.458 e. The molecule has 0 bridgehead atoms. The van der Waals surface area contributed by atoms with Crippen LogP contribution in [0.3, 0.4) is 0 Å². The second kappa shape index (κ2) is 6.62. The van der Waals surface area contributed by atoms with Crippen LogP contribution >= 0.6 is 0 Å². The lowest BCUT2D eigenvalue weighted by molar-refractivity contribution is -0.153. The number of para-hydroxylation sites is 1. The minimum absolute atomic E-state index is 0.0154. The predicted molar refractivity (Wildman–Crippen MR) is 108 cm³/mol. The van der Waals surface area contributed by atoms with Gasteiger partial charge in [-0.25, -0.2) is 4.79 Å². The van der Waals surface area contributed by atoms with Gasteiger partial charge in [0.1, 0.15) is 0 Å². The van der Waals surface area contributed by atoms with Crippen LogP contribution in [0.2, 0.25) is 0 Å². The second-order valence-electron chi connectivity index (χ2n) is 7.71. The summed E-state index contributed by atoms with van der Waals surface area (Å²) in [5.41, 5.74) is 5.17. The summed E-state index contributed by atoms with van der Waals surface area (Å²) in [7, 11) is 0. The molecule has 2 aliphatic heterocycles. The smallest absolute Gasteiger partial charge is 0.337 e. The third-order valence-electron chi connectivity index (χ3n) is 6.15. The lowest BCUT2D eigenvalue weighted by Crippen LogP contribution is -2.34. The summed E-state index contributed by atoms with van der Waals surface area (Å²) < 4.78 is 11.1. The Morgan fingerprint density at radius 1 is 1.03 bits per heavy atom. The third-order valence-corrected chi connectivity index (χ3v) is 6.15. The number of hydrogen-bond acceptors (Lipinski definition) is 4. The molecule has 2 aromatic rings. The number of cyclic esters (lactones) is 1. The van der Waals surface area contributed by atoms with Crippen molar-refractivity contribution in [3.05, 3.63) is 88.7 Å². The fraction of sp³-hybridized carbons (Fsp3) is 0.250. The summed E-state index contributed by atoms with van der Waals surface area (Å²) in [5.74, 6) is -0.511. The molecule has 5 rings (SSSR count). The Kier molecular flexibility index (Phi) is 4.05.